The third-order valence-electron chi connectivity index (χ3n) is 4.28. The number of nitrogens with one attached hydrogen (secondary N) is 1. The minimum absolute atomic E-state index is 0.144. The summed E-state index contributed by atoms with van der Waals surface area (Å²) in [6, 6.07) is 7.21. The molecule has 1 aliphatic rings. The Balaban J connectivity index is 1.81. The number of ether oxygens (including phenoxy) is 1. The summed E-state index contributed by atoms with van der Waals surface area (Å²) >= 11 is 5.89. The quantitative estimate of drug-likeness (QED) is 0.766. The van der Waals surface area contributed by atoms with Crippen molar-refractivity contribution in [1.29, 1.82) is 0 Å². The van der Waals surface area contributed by atoms with Crippen molar-refractivity contribution >= 4 is 23.4 Å². The molecule has 3 rings (SSSR count). The van der Waals surface area contributed by atoms with Gasteiger partial charge in [0.15, 0.2) is 11.6 Å². The summed E-state index contributed by atoms with van der Waals surface area (Å²) < 4.78 is 5.87. The second kappa shape index (κ2) is 7.68. The fourth-order valence-electron chi connectivity index (χ4n) is 2.98. The number of aromatic nitrogens is 2. The lowest BCUT2D eigenvalue weighted by Gasteiger charge is -2.31. The average molecular weight is 349 g/mol. The minimum Gasteiger partial charge on any atom is -0.452 e. The number of nitrogen functional groups attached to an aromatic ring is 1. The number of hydrogen-bond acceptors (Lipinski definition) is 6. The SMILES string of the molecule is Nc1ncc(Oc2ccc(Cl)cc2)c(N[C@@H]2CCCC[C@@H]2CO)n1. The number of nitrogens with zero attached hydrogens (tertiary/aromatic N) is 2. The second-order valence-corrected chi connectivity index (χ2v) is 6.41. The molecule has 1 aromatic heterocycles. The largest absolute Gasteiger partial charge is 0.452 e. The van der Waals surface area contributed by atoms with Crippen LogP contribution in [0.2, 0.25) is 5.02 Å². The van der Waals surface area contributed by atoms with Crippen molar-refractivity contribution in [3.8, 4) is 11.5 Å². The lowest BCUT2D eigenvalue weighted by atomic mass is 9.85. The Labute approximate surface area is 146 Å². The van der Waals surface area contributed by atoms with Gasteiger partial charge in [-0.3, -0.25) is 0 Å². The summed E-state index contributed by atoms with van der Waals surface area (Å²) in [5.74, 6) is 2.06. The molecule has 1 aliphatic carbocycles. The molecule has 6 nitrogen and oxygen atoms in total. The number of rotatable bonds is 5. The van der Waals surface area contributed by atoms with E-state index < -0.39 is 0 Å². The highest BCUT2D eigenvalue weighted by atomic mass is 35.5. The third-order valence-corrected chi connectivity index (χ3v) is 4.53. The van der Waals surface area contributed by atoms with Gasteiger partial charge in [0.25, 0.3) is 0 Å². The molecule has 128 valence electrons. The van der Waals surface area contributed by atoms with Crippen LogP contribution in [0.1, 0.15) is 25.7 Å². The first kappa shape index (κ1) is 16.8. The smallest absolute Gasteiger partial charge is 0.222 e. The monoisotopic (exact) mass is 348 g/mol. The summed E-state index contributed by atoms with van der Waals surface area (Å²) in [6.07, 6.45) is 5.80. The van der Waals surface area contributed by atoms with Crippen molar-refractivity contribution in [2.45, 2.75) is 31.7 Å². The molecule has 0 radical (unpaired) electrons. The number of anilines is 2. The van der Waals surface area contributed by atoms with E-state index in [0.717, 1.165) is 25.7 Å². The molecule has 4 N–H and O–H groups in total. The Morgan fingerprint density at radius 1 is 1.25 bits per heavy atom. The van der Waals surface area contributed by atoms with Crippen molar-refractivity contribution in [2.24, 2.45) is 5.92 Å². The van der Waals surface area contributed by atoms with Gasteiger partial charge in [0.05, 0.1) is 6.20 Å². The van der Waals surface area contributed by atoms with Crippen molar-refractivity contribution in [3.63, 3.8) is 0 Å². The number of aliphatic hydroxyl groups is 1. The molecule has 2 atom stereocenters. The Bertz CT molecular complexity index is 681. The van der Waals surface area contributed by atoms with Crippen molar-refractivity contribution in [2.75, 3.05) is 17.7 Å². The normalized spacial score (nSPS) is 20.6. The van der Waals surface area contributed by atoms with Gasteiger partial charge in [-0.15, -0.1) is 0 Å². The number of hydrogen-bond donors (Lipinski definition) is 3. The summed E-state index contributed by atoms with van der Waals surface area (Å²) in [7, 11) is 0. The van der Waals surface area contributed by atoms with Gasteiger partial charge in [-0.1, -0.05) is 24.4 Å². The van der Waals surface area contributed by atoms with Crippen LogP contribution < -0.4 is 15.8 Å². The van der Waals surface area contributed by atoms with Gasteiger partial charge < -0.3 is 20.9 Å². The zero-order valence-electron chi connectivity index (χ0n) is 13.3. The second-order valence-electron chi connectivity index (χ2n) is 5.97. The first-order chi connectivity index (χ1) is 11.7. The van der Waals surface area contributed by atoms with Crippen LogP contribution in [0.3, 0.4) is 0 Å². The van der Waals surface area contributed by atoms with Crippen LogP contribution in [-0.4, -0.2) is 27.7 Å². The standard InChI is InChI=1S/C17H21ClN4O2/c18-12-5-7-13(8-6-12)24-15-9-20-17(19)22-16(15)21-14-4-2-1-3-11(14)10-23/h5-9,11,14,23H,1-4,10H2,(H3,19,20,21,22)/t11-,14-/m1/s1. The zero-order valence-corrected chi connectivity index (χ0v) is 14.0. The van der Waals surface area contributed by atoms with E-state index in [2.05, 4.69) is 15.3 Å². The van der Waals surface area contributed by atoms with Gasteiger partial charge in [-0.05, 0) is 37.1 Å². The van der Waals surface area contributed by atoms with E-state index in [4.69, 9.17) is 22.1 Å². The molecule has 0 aliphatic heterocycles. The van der Waals surface area contributed by atoms with E-state index in [1.807, 2.05) is 0 Å². The highest BCUT2D eigenvalue weighted by Gasteiger charge is 2.26. The first-order valence-corrected chi connectivity index (χ1v) is 8.47. The van der Waals surface area contributed by atoms with Gasteiger partial charge in [-0.25, -0.2) is 4.98 Å². The number of nitrogens with two attached hydrogens (primary N) is 1. The molecule has 1 fully saturated rings. The zero-order chi connectivity index (χ0) is 16.9. The molecule has 1 saturated carbocycles. The van der Waals surface area contributed by atoms with Crippen LogP contribution >= 0.6 is 11.6 Å². The highest BCUT2D eigenvalue weighted by Crippen LogP contribution is 2.32. The molecule has 0 bridgehead atoms. The Kier molecular flexibility index (Phi) is 5.37. The van der Waals surface area contributed by atoms with E-state index in [1.54, 1.807) is 30.5 Å². The van der Waals surface area contributed by atoms with Gasteiger partial charge in [0, 0.05) is 23.6 Å². The molecule has 7 heteroatoms. The molecule has 1 aromatic carbocycles. The molecule has 24 heavy (non-hydrogen) atoms. The van der Waals surface area contributed by atoms with Crippen LogP contribution in [0.5, 0.6) is 11.5 Å². The fourth-order valence-corrected chi connectivity index (χ4v) is 3.11. The van der Waals surface area contributed by atoms with Crippen LogP contribution in [0.4, 0.5) is 11.8 Å². The molecule has 0 amide bonds. The minimum atomic E-state index is 0.144. The van der Waals surface area contributed by atoms with E-state index in [-0.39, 0.29) is 24.5 Å². The van der Waals surface area contributed by atoms with E-state index in [9.17, 15) is 5.11 Å². The average Bonchev–Trinajstić information content (AvgIpc) is 2.59. The molecular formula is C17H21ClN4O2. The van der Waals surface area contributed by atoms with Gasteiger partial charge in [-0.2, -0.15) is 4.98 Å². The lowest BCUT2D eigenvalue weighted by Crippen LogP contribution is -2.34. The molecule has 0 unspecified atom stereocenters. The van der Waals surface area contributed by atoms with Gasteiger partial charge in [0.2, 0.25) is 5.95 Å². The van der Waals surface area contributed by atoms with Crippen molar-refractivity contribution < 1.29 is 9.84 Å². The summed E-state index contributed by atoms with van der Waals surface area (Å²) in [4.78, 5) is 8.28. The third kappa shape index (κ3) is 4.07. The maximum absolute atomic E-state index is 9.58. The summed E-state index contributed by atoms with van der Waals surface area (Å²) in [5, 5.41) is 13.6. The number of benzene rings is 1. The number of aliphatic hydroxyl groups excluding tert-OH is 1. The number of halogens is 1. The van der Waals surface area contributed by atoms with E-state index >= 15 is 0 Å². The maximum atomic E-state index is 9.58. The first-order valence-electron chi connectivity index (χ1n) is 8.09. The molecular weight excluding hydrogens is 328 g/mol. The molecule has 0 spiro atoms. The van der Waals surface area contributed by atoms with Gasteiger partial charge >= 0.3 is 0 Å². The lowest BCUT2D eigenvalue weighted by molar-refractivity contribution is 0.178. The van der Waals surface area contributed by atoms with Gasteiger partial charge in [0.1, 0.15) is 5.75 Å². The van der Waals surface area contributed by atoms with Crippen LogP contribution in [0.15, 0.2) is 30.5 Å². The Morgan fingerprint density at radius 3 is 2.75 bits per heavy atom. The molecule has 2 aromatic rings. The predicted molar refractivity (Wildman–Crippen MR) is 94.4 cm³/mol. The highest BCUT2D eigenvalue weighted by molar-refractivity contribution is 6.30. The summed E-state index contributed by atoms with van der Waals surface area (Å²) in [6.45, 7) is 0.158. The molecule has 1 heterocycles. The summed E-state index contributed by atoms with van der Waals surface area (Å²) in [5.41, 5.74) is 5.73. The van der Waals surface area contributed by atoms with Crippen LogP contribution in [-0.2, 0) is 0 Å². The Hall–Kier alpha value is -2.05. The molecule has 0 saturated heterocycles. The van der Waals surface area contributed by atoms with Crippen molar-refractivity contribution in [1.82, 2.24) is 9.97 Å². The fraction of sp³-hybridized carbons (Fsp3) is 0.412. The van der Waals surface area contributed by atoms with Crippen LogP contribution in [0.25, 0.3) is 0 Å². The van der Waals surface area contributed by atoms with Crippen LogP contribution in [0, 0.1) is 5.92 Å². The van der Waals surface area contributed by atoms with E-state index in [0.29, 0.717) is 22.3 Å². The predicted octanol–water partition coefficient (Wildman–Crippen LogP) is 3.47. The Morgan fingerprint density at radius 2 is 2.00 bits per heavy atom. The van der Waals surface area contributed by atoms with Crippen molar-refractivity contribution in [3.05, 3.63) is 35.5 Å². The van der Waals surface area contributed by atoms with E-state index in [1.165, 1.54) is 0 Å². The maximum Gasteiger partial charge on any atom is 0.222 e. The topological polar surface area (TPSA) is 93.3 Å².